The Morgan fingerprint density at radius 1 is 1.07 bits per heavy atom. The molecule has 6 nitrogen and oxygen atoms in total. The Hall–Kier alpha value is -1.79. The molecule has 1 fully saturated rings. The predicted octanol–water partition coefficient (Wildman–Crippen LogP) is 3.51. The van der Waals surface area contributed by atoms with Gasteiger partial charge in [0, 0.05) is 13.1 Å². The highest BCUT2D eigenvalue weighted by atomic mass is 16.5. The highest BCUT2D eigenvalue weighted by Gasteiger charge is 2.23. The monoisotopic (exact) mass is 417 g/mol. The summed E-state index contributed by atoms with van der Waals surface area (Å²) in [5.74, 6) is 1.83. The molecule has 1 aromatic carbocycles. The van der Waals surface area contributed by atoms with Crippen LogP contribution in [0.1, 0.15) is 58.1 Å². The fourth-order valence-electron chi connectivity index (χ4n) is 4.04. The van der Waals surface area contributed by atoms with E-state index >= 15 is 0 Å². The zero-order valence-corrected chi connectivity index (χ0v) is 19.6. The second kappa shape index (κ2) is 14.3. The molecule has 0 saturated carbocycles. The number of rotatable bonds is 13. The first kappa shape index (κ1) is 24.5. The second-order valence-corrected chi connectivity index (χ2v) is 7.91. The summed E-state index contributed by atoms with van der Waals surface area (Å²) in [4.78, 5) is 10.0. The summed E-state index contributed by atoms with van der Waals surface area (Å²) in [6.45, 7) is 15.0. The average molecular weight is 418 g/mol. The lowest BCUT2D eigenvalue weighted by Crippen LogP contribution is -2.39. The van der Waals surface area contributed by atoms with Crippen LogP contribution in [-0.2, 0) is 0 Å². The molecule has 1 atom stereocenters. The lowest BCUT2D eigenvalue weighted by Gasteiger charge is -2.27. The summed E-state index contributed by atoms with van der Waals surface area (Å²) in [7, 11) is 1.72. The highest BCUT2D eigenvalue weighted by molar-refractivity contribution is 5.79. The SMILES string of the molecule is CCNC(=NCC(c1ccc(OC)cc1)N1CCCC1)NCCCCN(CC)CC. The number of benzene rings is 1. The van der Waals surface area contributed by atoms with Crippen molar-refractivity contribution < 1.29 is 4.74 Å². The molecule has 2 rings (SSSR count). The van der Waals surface area contributed by atoms with E-state index in [-0.39, 0.29) is 0 Å². The maximum atomic E-state index is 5.33. The highest BCUT2D eigenvalue weighted by Crippen LogP contribution is 2.27. The van der Waals surface area contributed by atoms with Crippen molar-refractivity contribution in [3.8, 4) is 5.75 Å². The molecule has 6 heteroatoms. The molecule has 1 saturated heterocycles. The average Bonchev–Trinajstić information content (AvgIpc) is 3.31. The molecule has 0 amide bonds. The first-order chi connectivity index (χ1) is 14.7. The number of ether oxygens (including phenoxy) is 1. The molecule has 0 spiro atoms. The van der Waals surface area contributed by atoms with Gasteiger partial charge < -0.3 is 20.3 Å². The van der Waals surface area contributed by atoms with Gasteiger partial charge in [0.05, 0.1) is 19.7 Å². The molecule has 1 unspecified atom stereocenters. The summed E-state index contributed by atoms with van der Waals surface area (Å²) in [6.07, 6.45) is 4.94. The Morgan fingerprint density at radius 2 is 1.77 bits per heavy atom. The van der Waals surface area contributed by atoms with E-state index in [9.17, 15) is 0 Å². The third kappa shape index (κ3) is 8.15. The lowest BCUT2D eigenvalue weighted by molar-refractivity contribution is 0.251. The van der Waals surface area contributed by atoms with E-state index < -0.39 is 0 Å². The van der Waals surface area contributed by atoms with Crippen molar-refractivity contribution in [1.82, 2.24) is 20.4 Å². The number of nitrogens with one attached hydrogen (secondary N) is 2. The molecule has 1 aliphatic heterocycles. The van der Waals surface area contributed by atoms with Gasteiger partial charge in [0.1, 0.15) is 5.75 Å². The summed E-state index contributed by atoms with van der Waals surface area (Å²) in [5, 5.41) is 6.94. The normalized spacial score (nSPS) is 16.1. The largest absolute Gasteiger partial charge is 0.497 e. The molecule has 0 aromatic heterocycles. The summed E-state index contributed by atoms with van der Waals surface area (Å²) >= 11 is 0. The van der Waals surface area contributed by atoms with Gasteiger partial charge in [-0.05, 0) is 83.0 Å². The molecule has 0 aliphatic carbocycles. The number of aliphatic imine (C=N–C) groups is 1. The Labute approximate surface area is 184 Å². The minimum absolute atomic E-state index is 0.316. The molecule has 0 radical (unpaired) electrons. The molecule has 170 valence electrons. The lowest BCUT2D eigenvalue weighted by atomic mass is 10.1. The third-order valence-corrected chi connectivity index (χ3v) is 5.94. The van der Waals surface area contributed by atoms with Crippen LogP contribution in [0.4, 0.5) is 0 Å². The van der Waals surface area contributed by atoms with Gasteiger partial charge in [-0.15, -0.1) is 0 Å². The molecule has 2 N–H and O–H groups in total. The van der Waals surface area contributed by atoms with Crippen molar-refractivity contribution in [2.75, 3.05) is 59.5 Å². The number of nitrogens with zero attached hydrogens (tertiary/aromatic N) is 3. The van der Waals surface area contributed by atoms with Crippen molar-refractivity contribution in [2.24, 2.45) is 4.99 Å². The molecule has 1 heterocycles. The van der Waals surface area contributed by atoms with Crippen molar-refractivity contribution >= 4 is 5.96 Å². The zero-order valence-electron chi connectivity index (χ0n) is 19.6. The van der Waals surface area contributed by atoms with Crippen LogP contribution in [0, 0.1) is 0 Å². The van der Waals surface area contributed by atoms with Crippen LogP contribution in [-0.4, -0.2) is 75.2 Å². The number of likely N-dealkylation sites (tertiary alicyclic amines) is 1. The van der Waals surface area contributed by atoms with E-state index in [1.165, 1.54) is 31.4 Å². The second-order valence-electron chi connectivity index (χ2n) is 7.91. The molecule has 30 heavy (non-hydrogen) atoms. The van der Waals surface area contributed by atoms with Crippen LogP contribution >= 0.6 is 0 Å². The molecular weight excluding hydrogens is 374 g/mol. The summed E-state index contributed by atoms with van der Waals surface area (Å²) in [5.41, 5.74) is 1.32. The van der Waals surface area contributed by atoms with Gasteiger partial charge in [-0.2, -0.15) is 0 Å². The predicted molar refractivity (Wildman–Crippen MR) is 128 cm³/mol. The quantitative estimate of drug-likeness (QED) is 0.292. The Balaban J connectivity index is 1.93. The van der Waals surface area contributed by atoms with Gasteiger partial charge in [-0.1, -0.05) is 26.0 Å². The number of hydrogen-bond donors (Lipinski definition) is 2. The van der Waals surface area contributed by atoms with Crippen LogP contribution in [0.2, 0.25) is 0 Å². The van der Waals surface area contributed by atoms with E-state index in [0.717, 1.165) is 63.9 Å². The van der Waals surface area contributed by atoms with Crippen LogP contribution in [0.3, 0.4) is 0 Å². The van der Waals surface area contributed by atoms with Gasteiger partial charge >= 0.3 is 0 Å². The number of methoxy groups -OCH3 is 1. The van der Waals surface area contributed by atoms with Crippen molar-refractivity contribution in [1.29, 1.82) is 0 Å². The van der Waals surface area contributed by atoms with E-state index in [1.54, 1.807) is 7.11 Å². The standard InChI is InChI=1S/C24H43N5O/c1-5-25-24(26-16-8-9-17-28(6-2)7-3)27-20-23(29-18-10-11-19-29)21-12-14-22(30-4)15-13-21/h12-15,23H,5-11,16-20H2,1-4H3,(H2,25,26,27). The van der Waals surface area contributed by atoms with Crippen LogP contribution in [0.5, 0.6) is 5.75 Å². The Morgan fingerprint density at radius 3 is 2.37 bits per heavy atom. The minimum atomic E-state index is 0.316. The fourth-order valence-corrected chi connectivity index (χ4v) is 4.04. The Kier molecular flexibility index (Phi) is 11.6. The molecule has 1 aromatic rings. The van der Waals surface area contributed by atoms with Crippen LogP contribution in [0.15, 0.2) is 29.3 Å². The minimum Gasteiger partial charge on any atom is -0.497 e. The van der Waals surface area contributed by atoms with E-state index in [1.807, 2.05) is 0 Å². The van der Waals surface area contributed by atoms with Gasteiger partial charge in [-0.25, -0.2) is 0 Å². The van der Waals surface area contributed by atoms with Gasteiger partial charge in [0.25, 0.3) is 0 Å². The number of unbranched alkanes of at least 4 members (excludes halogenated alkanes) is 1. The molecular formula is C24H43N5O. The number of guanidine groups is 1. The van der Waals surface area contributed by atoms with E-state index in [4.69, 9.17) is 9.73 Å². The van der Waals surface area contributed by atoms with Gasteiger partial charge in [0.2, 0.25) is 0 Å². The van der Waals surface area contributed by atoms with Crippen LogP contribution < -0.4 is 15.4 Å². The van der Waals surface area contributed by atoms with Crippen LogP contribution in [0.25, 0.3) is 0 Å². The van der Waals surface area contributed by atoms with Crippen molar-refractivity contribution in [3.05, 3.63) is 29.8 Å². The van der Waals surface area contributed by atoms with Gasteiger partial charge in [0.15, 0.2) is 5.96 Å². The smallest absolute Gasteiger partial charge is 0.191 e. The molecule has 1 aliphatic rings. The zero-order chi connectivity index (χ0) is 21.6. The fraction of sp³-hybridized carbons (Fsp3) is 0.708. The van der Waals surface area contributed by atoms with Gasteiger partial charge in [-0.3, -0.25) is 9.89 Å². The summed E-state index contributed by atoms with van der Waals surface area (Å²) in [6, 6.07) is 8.80. The summed E-state index contributed by atoms with van der Waals surface area (Å²) < 4.78 is 5.33. The number of hydrogen-bond acceptors (Lipinski definition) is 4. The third-order valence-electron chi connectivity index (χ3n) is 5.94. The maximum Gasteiger partial charge on any atom is 0.191 e. The van der Waals surface area contributed by atoms with E-state index in [0.29, 0.717) is 6.04 Å². The topological polar surface area (TPSA) is 52.1 Å². The Bertz CT molecular complexity index is 594. The van der Waals surface area contributed by atoms with E-state index in [2.05, 4.69) is 65.5 Å². The van der Waals surface area contributed by atoms with Crippen molar-refractivity contribution in [2.45, 2.75) is 52.5 Å². The first-order valence-electron chi connectivity index (χ1n) is 11.8. The maximum absolute atomic E-state index is 5.33. The molecule has 0 bridgehead atoms. The first-order valence-corrected chi connectivity index (χ1v) is 11.8. The van der Waals surface area contributed by atoms with Crippen molar-refractivity contribution in [3.63, 3.8) is 0 Å².